The molecule has 128 valence electrons. The highest BCUT2D eigenvalue weighted by Gasteiger charge is 2.17. The molecule has 0 amide bonds. The zero-order valence-electron chi connectivity index (χ0n) is 14.4. The Morgan fingerprint density at radius 3 is 2.27 bits per heavy atom. The second kappa shape index (κ2) is 6.89. The molecule has 0 fully saturated rings. The number of fused-ring (bicyclic) bond motifs is 1. The van der Waals surface area contributed by atoms with Gasteiger partial charge in [0.25, 0.3) is 0 Å². The third-order valence-electron chi connectivity index (χ3n) is 4.45. The molecule has 0 radical (unpaired) electrons. The molecule has 0 bridgehead atoms. The van der Waals surface area contributed by atoms with E-state index in [1.807, 2.05) is 60.7 Å². The van der Waals surface area contributed by atoms with Crippen molar-refractivity contribution in [2.24, 2.45) is 0 Å². The third-order valence-corrected chi connectivity index (χ3v) is 4.45. The molecule has 4 aromatic rings. The molecule has 3 heteroatoms. The summed E-state index contributed by atoms with van der Waals surface area (Å²) < 4.78 is 11.5. The van der Waals surface area contributed by atoms with Crippen LogP contribution in [0.25, 0.3) is 22.3 Å². The predicted octanol–water partition coefficient (Wildman–Crippen LogP) is 5.06. The van der Waals surface area contributed by atoms with Crippen LogP contribution in [0.3, 0.4) is 0 Å². The van der Waals surface area contributed by atoms with Crippen molar-refractivity contribution in [1.82, 2.24) is 0 Å². The number of benzene rings is 3. The van der Waals surface area contributed by atoms with E-state index in [0.29, 0.717) is 34.5 Å². The van der Waals surface area contributed by atoms with Gasteiger partial charge in [-0.3, -0.25) is 4.79 Å². The first kappa shape index (κ1) is 16.2. The van der Waals surface area contributed by atoms with Gasteiger partial charge in [-0.25, -0.2) is 0 Å². The van der Waals surface area contributed by atoms with Crippen LogP contribution in [0.4, 0.5) is 0 Å². The van der Waals surface area contributed by atoms with Gasteiger partial charge >= 0.3 is 0 Å². The van der Waals surface area contributed by atoms with E-state index in [-0.39, 0.29) is 5.43 Å². The van der Waals surface area contributed by atoms with Crippen molar-refractivity contribution in [1.29, 1.82) is 0 Å². The summed E-state index contributed by atoms with van der Waals surface area (Å²) in [5.74, 6) is 1.27. The minimum atomic E-state index is -0.00314. The lowest BCUT2D eigenvalue weighted by atomic mass is 9.98. The van der Waals surface area contributed by atoms with E-state index in [1.165, 1.54) is 0 Å². The van der Waals surface area contributed by atoms with Crippen LogP contribution in [0.5, 0.6) is 5.75 Å². The molecule has 0 N–H and O–H groups in total. The highest BCUT2D eigenvalue weighted by atomic mass is 16.5. The molecule has 0 atom stereocenters. The van der Waals surface area contributed by atoms with Gasteiger partial charge in [-0.2, -0.15) is 0 Å². The molecule has 0 spiro atoms. The lowest BCUT2D eigenvalue weighted by Gasteiger charge is -2.11. The van der Waals surface area contributed by atoms with Crippen LogP contribution in [-0.2, 0) is 6.42 Å². The lowest BCUT2D eigenvalue weighted by Crippen LogP contribution is -2.12. The van der Waals surface area contributed by atoms with Crippen LogP contribution in [0.15, 0.2) is 88.1 Å². The fourth-order valence-electron chi connectivity index (χ4n) is 3.12. The van der Waals surface area contributed by atoms with E-state index < -0.39 is 0 Å². The van der Waals surface area contributed by atoms with Crippen molar-refractivity contribution in [3.8, 4) is 17.1 Å². The van der Waals surface area contributed by atoms with Crippen LogP contribution < -0.4 is 10.2 Å². The van der Waals surface area contributed by atoms with E-state index >= 15 is 0 Å². The molecule has 1 aromatic heterocycles. The summed E-state index contributed by atoms with van der Waals surface area (Å²) in [6.45, 7) is 0. The molecule has 0 aliphatic carbocycles. The highest BCUT2D eigenvalue weighted by molar-refractivity contribution is 5.82. The van der Waals surface area contributed by atoms with Gasteiger partial charge in [0.1, 0.15) is 17.1 Å². The fraction of sp³-hybridized carbons (Fsp3) is 0.0870. The molecule has 26 heavy (non-hydrogen) atoms. The van der Waals surface area contributed by atoms with Crippen molar-refractivity contribution in [2.75, 3.05) is 7.11 Å². The molecule has 0 saturated heterocycles. The Kier molecular flexibility index (Phi) is 4.28. The van der Waals surface area contributed by atoms with Gasteiger partial charge in [0.15, 0.2) is 5.43 Å². The second-order valence-electron chi connectivity index (χ2n) is 6.13. The summed E-state index contributed by atoms with van der Waals surface area (Å²) in [6.07, 6.45) is 0.523. The summed E-state index contributed by atoms with van der Waals surface area (Å²) >= 11 is 0. The van der Waals surface area contributed by atoms with Crippen molar-refractivity contribution in [3.05, 3.63) is 100 Å². The lowest BCUT2D eigenvalue weighted by molar-refractivity contribution is 0.414. The minimum Gasteiger partial charge on any atom is -0.497 e. The summed E-state index contributed by atoms with van der Waals surface area (Å²) in [7, 11) is 1.60. The largest absolute Gasteiger partial charge is 0.497 e. The Hall–Kier alpha value is -3.33. The molecule has 0 aliphatic rings. The molecular formula is C23H18O3. The Bertz CT molecular complexity index is 1100. The highest BCUT2D eigenvalue weighted by Crippen LogP contribution is 2.29. The zero-order valence-corrected chi connectivity index (χ0v) is 14.4. The van der Waals surface area contributed by atoms with Gasteiger partial charge in [0.05, 0.1) is 12.5 Å². The SMILES string of the molecule is COc1ccc2c(=O)c(Cc3ccccc3)c(-c3ccccc3)oc2c1. The molecule has 3 aromatic carbocycles. The maximum atomic E-state index is 13.2. The Labute approximate surface area is 151 Å². The van der Waals surface area contributed by atoms with Crippen LogP contribution in [0, 0.1) is 0 Å². The average Bonchev–Trinajstić information content (AvgIpc) is 2.71. The molecule has 0 unspecified atom stereocenters. The van der Waals surface area contributed by atoms with Crippen LogP contribution in [0.2, 0.25) is 0 Å². The van der Waals surface area contributed by atoms with Crippen molar-refractivity contribution < 1.29 is 9.15 Å². The third kappa shape index (κ3) is 3.00. The maximum absolute atomic E-state index is 13.2. The van der Waals surface area contributed by atoms with Gasteiger partial charge in [0, 0.05) is 23.6 Å². The van der Waals surface area contributed by atoms with Crippen LogP contribution >= 0.6 is 0 Å². The van der Waals surface area contributed by atoms with Gasteiger partial charge in [-0.05, 0) is 17.7 Å². The molecule has 0 saturated carbocycles. The normalized spacial score (nSPS) is 10.8. The van der Waals surface area contributed by atoms with E-state index in [4.69, 9.17) is 9.15 Å². The van der Waals surface area contributed by atoms with Crippen molar-refractivity contribution in [2.45, 2.75) is 6.42 Å². The molecular weight excluding hydrogens is 324 g/mol. The minimum absolute atomic E-state index is 0.00314. The first-order valence-electron chi connectivity index (χ1n) is 8.49. The summed E-state index contributed by atoms with van der Waals surface area (Å²) in [5, 5.41) is 0.566. The van der Waals surface area contributed by atoms with E-state index in [0.717, 1.165) is 11.1 Å². The first-order chi connectivity index (χ1) is 12.8. The number of ether oxygens (including phenoxy) is 1. The second-order valence-corrected chi connectivity index (χ2v) is 6.13. The van der Waals surface area contributed by atoms with Gasteiger partial charge in [-0.1, -0.05) is 60.7 Å². The number of methoxy groups -OCH3 is 1. The summed E-state index contributed by atoms with van der Waals surface area (Å²) in [5.41, 5.74) is 3.16. The Balaban J connectivity index is 1.98. The quantitative estimate of drug-likeness (QED) is 0.520. The van der Waals surface area contributed by atoms with E-state index in [1.54, 1.807) is 25.3 Å². The summed E-state index contributed by atoms with van der Waals surface area (Å²) in [6, 6.07) is 25.0. The average molecular weight is 342 g/mol. The number of rotatable bonds is 4. The number of hydrogen-bond donors (Lipinski definition) is 0. The smallest absolute Gasteiger partial charge is 0.196 e. The van der Waals surface area contributed by atoms with Crippen LogP contribution in [-0.4, -0.2) is 7.11 Å². The maximum Gasteiger partial charge on any atom is 0.196 e. The van der Waals surface area contributed by atoms with Gasteiger partial charge in [-0.15, -0.1) is 0 Å². The molecule has 0 aliphatic heterocycles. The fourth-order valence-corrected chi connectivity index (χ4v) is 3.12. The van der Waals surface area contributed by atoms with E-state index in [2.05, 4.69) is 0 Å². The number of hydrogen-bond acceptors (Lipinski definition) is 3. The van der Waals surface area contributed by atoms with Crippen molar-refractivity contribution >= 4 is 11.0 Å². The molecule has 3 nitrogen and oxygen atoms in total. The van der Waals surface area contributed by atoms with E-state index in [9.17, 15) is 4.79 Å². The Morgan fingerprint density at radius 2 is 1.58 bits per heavy atom. The first-order valence-corrected chi connectivity index (χ1v) is 8.49. The predicted molar refractivity (Wildman–Crippen MR) is 104 cm³/mol. The van der Waals surface area contributed by atoms with Gasteiger partial charge in [0.2, 0.25) is 0 Å². The molecule has 4 rings (SSSR count). The zero-order chi connectivity index (χ0) is 17.9. The van der Waals surface area contributed by atoms with Crippen LogP contribution in [0.1, 0.15) is 11.1 Å². The van der Waals surface area contributed by atoms with Gasteiger partial charge < -0.3 is 9.15 Å². The van der Waals surface area contributed by atoms with Crippen molar-refractivity contribution in [3.63, 3.8) is 0 Å². The topological polar surface area (TPSA) is 39.4 Å². The monoisotopic (exact) mass is 342 g/mol. The summed E-state index contributed by atoms with van der Waals surface area (Å²) in [4.78, 5) is 13.2. The molecule has 1 heterocycles. The Morgan fingerprint density at radius 1 is 0.885 bits per heavy atom. The standard InChI is InChI=1S/C23H18O3/c1-25-18-12-13-19-21(15-18)26-23(17-10-6-3-7-11-17)20(22(19)24)14-16-8-4-2-5-9-16/h2-13,15H,14H2,1H3.